The summed E-state index contributed by atoms with van der Waals surface area (Å²) in [4.78, 5) is 41.4. The number of cyclic esters (lactones) is 1. The fourth-order valence-electron chi connectivity index (χ4n) is 5.29. The van der Waals surface area contributed by atoms with E-state index in [2.05, 4.69) is 5.32 Å². The Morgan fingerprint density at radius 1 is 0.872 bits per heavy atom. The van der Waals surface area contributed by atoms with Gasteiger partial charge in [-0.15, -0.1) is 0 Å². The lowest BCUT2D eigenvalue weighted by molar-refractivity contribution is -0.136. The van der Waals surface area contributed by atoms with Crippen molar-refractivity contribution in [1.82, 2.24) is 10.2 Å². The van der Waals surface area contributed by atoms with E-state index in [9.17, 15) is 14.4 Å². The first-order valence-corrected chi connectivity index (χ1v) is 13.4. The molecule has 39 heavy (non-hydrogen) atoms. The third kappa shape index (κ3) is 5.82. The van der Waals surface area contributed by atoms with Crippen LogP contribution >= 0.6 is 0 Å². The molecule has 0 bridgehead atoms. The molecule has 1 aliphatic rings. The molecule has 1 heterocycles. The summed E-state index contributed by atoms with van der Waals surface area (Å²) >= 11 is 0. The number of hydrogen-bond donors (Lipinski definition) is 1. The third-order valence-corrected chi connectivity index (χ3v) is 7.21. The number of imide groups is 1. The van der Waals surface area contributed by atoms with Crippen molar-refractivity contribution < 1.29 is 23.9 Å². The number of alkyl carbamates (subject to hydrolysis) is 1. The molecule has 2 atom stereocenters. The van der Waals surface area contributed by atoms with Crippen LogP contribution in [0.3, 0.4) is 0 Å². The van der Waals surface area contributed by atoms with Crippen molar-refractivity contribution in [2.75, 3.05) is 6.54 Å². The van der Waals surface area contributed by atoms with Crippen LogP contribution in [0.25, 0.3) is 0 Å². The fraction of sp³-hybridized carbons (Fsp3) is 0.344. The Morgan fingerprint density at radius 2 is 1.38 bits per heavy atom. The first-order valence-electron chi connectivity index (χ1n) is 13.4. The fourth-order valence-corrected chi connectivity index (χ4v) is 5.29. The van der Waals surface area contributed by atoms with E-state index in [4.69, 9.17) is 9.47 Å². The predicted molar refractivity (Wildman–Crippen MR) is 149 cm³/mol. The van der Waals surface area contributed by atoms with Gasteiger partial charge in [0, 0.05) is 17.7 Å². The van der Waals surface area contributed by atoms with Gasteiger partial charge in [0.2, 0.25) is 5.91 Å². The first kappa shape index (κ1) is 27.9. The summed E-state index contributed by atoms with van der Waals surface area (Å²) < 4.78 is 11.6. The average Bonchev–Trinajstić information content (AvgIpc) is 3.27. The molecule has 1 saturated heterocycles. The molecule has 0 aliphatic carbocycles. The van der Waals surface area contributed by atoms with E-state index in [0.29, 0.717) is 0 Å². The molecular weight excluding hydrogens is 492 g/mol. The van der Waals surface area contributed by atoms with Crippen LogP contribution in [0.4, 0.5) is 9.59 Å². The van der Waals surface area contributed by atoms with Crippen molar-refractivity contribution in [3.63, 3.8) is 0 Å². The van der Waals surface area contributed by atoms with Crippen molar-refractivity contribution in [2.45, 2.75) is 45.9 Å². The van der Waals surface area contributed by atoms with Crippen molar-refractivity contribution >= 4 is 18.1 Å². The van der Waals surface area contributed by atoms with Crippen molar-refractivity contribution in [3.8, 4) is 0 Å². The maximum Gasteiger partial charge on any atom is 0.418 e. The van der Waals surface area contributed by atoms with Gasteiger partial charge in [0.05, 0.1) is 12.0 Å². The number of benzene rings is 3. The smallest absolute Gasteiger partial charge is 0.418 e. The summed E-state index contributed by atoms with van der Waals surface area (Å²) in [6.07, 6.45) is -1.31. The summed E-state index contributed by atoms with van der Waals surface area (Å²) in [5, 5.41) is 2.72. The second-order valence-corrected chi connectivity index (χ2v) is 10.5. The van der Waals surface area contributed by atoms with Crippen LogP contribution < -0.4 is 5.32 Å². The van der Waals surface area contributed by atoms with Crippen LogP contribution in [0.1, 0.15) is 44.4 Å². The number of carbonyl (C=O) groups excluding carboxylic acids is 3. The SMILES string of the molecule is CC(C)[C@@H](CNC(=O)OCc1ccccc1)C(=O)N1C(=O)OC(c2ccccc2)(c2ccccc2)[C@H]1C(C)C. The molecule has 1 fully saturated rings. The topological polar surface area (TPSA) is 84.9 Å². The molecule has 0 aromatic heterocycles. The largest absolute Gasteiger partial charge is 0.445 e. The number of amides is 3. The van der Waals surface area contributed by atoms with E-state index in [1.807, 2.05) is 119 Å². The monoisotopic (exact) mass is 528 g/mol. The maximum atomic E-state index is 14.1. The van der Waals surface area contributed by atoms with Crippen LogP contribution in [0.2, 0.25) is 0 Å². The first-order chi connectivity index (χ1) is 18.8. The van der Waals surface area contributed by atoms with Crippen LogP contribution in [0.15, 0.2) is 91.0 Å². The van der Waals surface area contributed by atoms with Gasteiger partial charge >= 0.3 is 12.2 Å². The maximum absolute atomic E-state index is 14.1. The third-order valence-electron chi connectivity index (χ3n) is 7.21. The minimum absolute atomic E-state index is 0.0302. The van der Waals surface area contributed by atoms with Gasteiger partial charge in [-0.3, -0.25) is 4.79 Å². The molecule has 1 aliphatic heterocycles. The Bertz CT molecular complexity index is 1220. The molecule has 204 valence electrons. The lowest BCUT2D eigenvalue weighted by atomic mass is 9.75. The lowest BCUT2D eigenvalue weighted by Gasteiger charge is -2.38. The molecule has 0 spiro atoms. The van der Waals surface area contributed by atoms with Crippen molar-refractivity contribution in [1.29, 1.82) is 0 Å². The summed E-state index contributed by atoms with van der Waals surface area (Å²) in [7, 11) is 0. The Hall–Kier alpha value is -4.13. The number of carbonyl (C=O) groups is 3. The highest BCUT2D eigenvalue weighted by Gasteiger charge is 2.60. The molecule has 1 N–H and O–H groups in total. The zero-order valence-electron chi connectivity index (χ0n) is 22.9. The molecule has 0 radical (unpaired) electrons. The van der Waals surface area contributed by atoms with Gasteiger partial charge in [-0.25, -0.2) is 14.5 Å². The zero-order valence-corrected chi connectivity index (χ0v) is 22.9. The second kappa shape index (κ2) is 12.2. The molecule has 3 aromatic rings. The molecule has 0 unspecified atom stereocenters. The molecule has 4 rings (SSSR count). The van der Waals surface area contributed by atoms with Crippen LogP contribution in [0, 0.1) is 17.8 Å². The number of ether oxygens (including phenoxy) is 2. The number of rotatable bonds is 9. The van der Waals surface area contributed by atoms with E-state index < -0.39 is 29.7 Å². The van der Waals surface area contributed by atoms with E-state index in [-0.39, 0.29) is 30.9 Å². The Morgan fingerprint density at radius 3 is 1.87 bits per heavy atom. The van der Waals surface area contributed by atoms with Crippen LogP contribution in [0.5, 0.6) is 0 Å². The Labute approximate surface area is 230 Å². The quantitative estimate of drug-likeness (QED) is 0.361. The molecule has 0 saturated carbocycles. The summed E-state index contributed by atoms with van der Waals surface area (Å²) in [5.41, 5.74) is 1.28. The highest BCUT2D eigenvalue weighted by Crippen LogP contribution is 2.47. The molecule has 3 amide bonds. The highest BCUT2D eigenvalue weighted by molar-refractivity contribution is 5.96. The zero-order chi connectivity index (χ0) is 28.0. The molecule has 7 heteroatoms. The molecule has 3 aromatic carbocycles. The Kier molecular flexibility index (Phi) is 8.69. The van der Waals surface area contributed by atoms with Gasteiger partial charge in [-0.1, -0.05) is 119 Å². The number of nitrogens with zero attached hydrogens (tertiary/aromatic N) is 1. The minimum atomic E-state index is -1.17. The lowest BCUT2D eigenvalue weighted by Crippen LogP contribution is -2.53. The minimum Gasteiger partial charge on any atom is -0.445 e. The van der Waals surface area contributed by atoms with E-state index in [0.717, 1.165) is 16.7 Å². The number of nitrogens with one attached hydrogen (secondary N) is 1. The summed E-state index contributed by atoms with van der Waals surface area (Å²) in [6.45, 7) is 7.91. The molecule has 7 nitrogen and oxygen atoms in total. The Balaban J connectivity index is 1.60. The van der Waals surface area contributed by atoms with Crippen molar-refractivity contribution in [3.05, 3.63) is 108 Å². The summed E-state index contributed by atoms with van der Waals surface area (Å²) in [5.74, 6) is -1.33. The van der Waals surface area contributed by atoms with E-state index in [1.165, 1.54) is 4.90 Å². The van der Waals surface area contributed by atoms with Gasteiger partial charge < -0.3 is 14.8 Å². The highest BCUT2D eigenvalue weighted by atomic mass is 16.6. The summed E-state index contributed by atoms with van der Waals surface area (Å²) in [6, 6.07) is 27.9. The van der Waals surface area contributed by atoms with Gasteiger partial charge in [0.15, 0.2) is 5.60 Å². The van der Waals surface area contributed by atoms with Gasteiger partial charge in [-0.2, -0.15) is 0 Å². The second-order valence-electron chi connectivity index (χ2n) is 10.5. The van der Waals surface area contributed by atoms with Gasteiger partial charge in [0.1, 0.15) is 6.61 Å². The van der Waals surface area contributed by atoms with Crippen LogP contribution in [-0.4, -0.2) is 35.6 Å². The predicted octanol–water partition coefficient (Wildman–Crippen LogP) is 6.13. The van der Waals surface area contributed by atoms with Gasteiger partial charge in [-0.05, 0) is 17.4 Å². The average molecular weight is 529 g/mol. The standard InChI is InChI=1S/C32H36N2O5/c1-22(2)27(20-33-30(36)38-21-24-14-8-5-9-15-24)29(35)34-28(23(3)4)32(39-31(34)37,25-16-10-6-11-17-25)26-18-12-7-13-19-26/h5-19,22-23,27-28H,20-21H2,1-4H3,(H,33,36)/t27-,28-/m1/s1. The number of hydrogen-bond acceptors (Lipinski definition) is 5. The molecular formula is C32H36N2O5. The van der Waals surface area contributed by atoms with E-state index in [1.54, 1.807) is 0 Å². The van der Waals surface area contributed by atoms with Crippen LogP contribution in [-0.2, 0) is 26.5 Å². The van der Waals surface area contributed by atoms with Gasteiger partial charge in [0.25, 0.3) is 0 Å². The normalized spacial score (nSPS) is 17.1. The van der Waals surface area contributed by atoms with Crippen molar-refractivity contribution in [2.24, 2.45) is 17.8 Å². The van der Waals surface area contributed by atoms with E-state index >= 15 is 0 Å².